The van der Waals surface area contributed by atoms with Gasteiger partial charge >= 0.3 is 0 Å². The van der Waals surface area contributed by atoms with E-state index in [0.717, 1.165) is 10.8 Å². The van der Waals surface area contributed by atoms with Crippen molar-refractivity contribution in [3.8, 4) is 56.4 Å². The van der Waals surface area contributed by atoms with Crippen LogP contribution in [-0.4, -0.2) is 15.0 Å². The van der Waals surface area contributed by atoms with E-state index < -0.39 is 42.3 Å². The van der Waals surface area contributed by atoms with E-state index >= 15 is 0 Å². The van der Waals surface area contributed by atoms with E-state index in [2.05, 4.69) is 0 Å². The van der Waals surface area contributed by atoms with E-state index in [9.17, 15) is 2.74 Å². The molecule has 0 aliphatic heterocycles. The van der Waals surface area contributed by atoms with Gasteiger partial charge in [-0.3, -0.25) is 0 Å². The third kappa shape index (κ3) is 4.93. The molecule has 220 valence electrons. The molecule has 0 aliphatic carbocycles. The highest BCUT2D eigenvalue weighted by Gasteiger charge is 2.19. The van der Waals surface area contributed by atoms with Gasteiger partial charge in [0.15, 0.2) is 17.5 Å². The molecule has 4 nitrogen and oxygen atoms in total. The van der Waals surface area contributed by atoms with Crippen LogP contribution in [0.4, 0.5) is 0 Å². The van der Waals surface area contributed by atoms with Crippen LogP contribution in [0, 0.1) is 0 Å². The Kier molecular flexibility index (Phi) is 4.27. The van der Waals surface area contributed by atoms with E-state index in [1.54, 1.807) is 48.5 Å². The summed E-state index contributed by atoms with van der Waals surface area (Å²) in [6, 6.07) is 24.7. The topological polar surface area (TPSA) is 51.8 Å². The fourth-order valence-corrected chi connectivity index (χ4v) is 5.66. The van der Waals surface area contributed by atoms with E-state index in [-0.39, 0.29) is 80.3 Å². The molecule has 0 saturated carbocycles. The van der Waals surface area contributed by atoms with E-state index in [1.807, 2.05) is 48.5 Å². The van der Waals surface area contributed by atoms with Crippen molar-refractivity contribution in [1.82, 2.24) is 15.0 Å². The molecule has 9 aromatic rings. The maximum absolute atomic E-state index is 9.68. The van der Waals surface area contributed by atoms with Crippen molar-refractivity contribution in [2.75, 3.05) is 0 Å². The molecule has 7 aromatic carbocycles. The van der Waals surface area contributed by atoms with Crippen molar-refractivity contribution in [2.24, 2.45) is 0 Å². The Labute approximate surface area is 287 Å². The van der Waals surface area contributed by atoms with Crippen molar-refractivity contribution >= 4 is 32.7 Å². The molecule has 0 radical (unpaired) electrons. The minimum absolute atomic E-state index is 0.00135. The molecule has 0 fully saturated rings. The van der Waals surface area contributed by atoms with Crippen LogP contribution in [0.3, 0.4) is 0 Å². The summed E-state index contributed by atoms with van der Waals surface area (Å²) in [5.74, 6) is 0.498. The van der Waals surface area contributed by atoms with Crippen LogP contribution in [0.1, 0.15) is 15.1 Å². The number of fused-ring (bicyclic) bond motifs is 4. The summed E-state index contributed by atoms with van der Waals surface area (Å²) in [4.78, 5) is 14.7. The summed E-state index contributed by atoms with van der Waals surface area (Å²) < 4.78 is 101. The molecule has 0 saturated heterocycles. The van der Waals surface area contributed by atoms with Gasteiger partial charge in [-0.1, -0.05) is 133 Å². The van der Waals surface area contributed by atoms with Crippen molar-refractivity contribution in [2.45, 2.75) is 0 Å². The second-order valence-electron chi connectivity index (χ2n) is 10.8. The first kappa shape index (κ1) is 17.9. The third-order valence-corrected chi connectivity index (χ3v) is 7.91. The highest BCUT2D eigenvalue weighted by atomic mass is 16.3. The first-order valence-electron chi connectivity index (χ1n) is 20.3. The van der Waals surface area contributed by atoms with Gasteiger partial charge in [0.2, 0.25) is 0 Å². The van der Waals surface area contributed by atoms with Gasteiger partial charge in [0, 0.05) is 27.5 Å². The van der Waals surface area contributed by atoms with Crippen LogP contribution in [0.25, 0.3) is 89.1 Å². The Morgan fingerprint density at radius 2 is 1.06 bits per heavy atom. The lowest BCUT2D eigenvalue weighted by Gasteiger charge is -2.12. The number of aromatic nitrogens is 3. The largest absolute Gasteiger partial charge is 0.456 e. The average molecular weight is 613 g/mol. The molecule has 0 atom stereocenters. The van der Waals surface area contributed by atoms with Gasteiger partial charge in [0.25, 0.3) is 0 Å². The average Bonchev–Trinajstić information content (AvgIpc) is 3.65. The fourth-order valence-electron chi connectivity index (χ4n) is 5.66. The van der Waals surface area contributed by atoms with E-state index in [4.69, 9.17) is 31.7 Å². The second-order valence-corrected chi connectivity index (χ2v) is 10.8. The Morgan fingerprint density at radius 3 is 1.83 bits per heavy atom. The van der Waals surface area contributed by atoms with Crippen LogP contribution >= 0.6 is 0 Å². The molecule has 2 aromatic heterocycles. The summed E-state index contributed by atoms with van der Waals surface area (Å²) in [5, 5.41) is 1.56. The summed E-state index contributed by atoms with van der Waals surface area (Å²) >= 11 is 0. The van der Waals surface area contributed by atoms with Crippen molar-refractivity contribution in [3.05, 3.63) is 164 Å². The number of hydrogen-bond donors (Lipinski definition) is 0. The van der Waals surface area contributed by atoms with Gasteiger partial charge in [-0.2, -0.15) is 0 Å². The van der Waals surface area contributed by atoms with Crippen LogP contribution in [0.2, 0.25) is 0 Å². The normalized spacial score (nSPS) is 14.7. The molecular weight excluding hydrogens is 574 g/mol. The van der Waals surface area contributed by atoms with E-state index in [0.29, 0.717) is 22.3 Å². The smallest absolute Gasteiger partial charge is 0.164 e. The van der Waals surface area contributed by atoms with Crippen LogP contribution < -0.4 is 0 Å². The number of rotatable bonds is 5. The molecule has 0 unspecified atom stereocenters. The molecule has 4 heteroatoms. The highest BCUT2D eigenvalue weighted by Crippen LogP contribution is 2.40. The van der Waals surface area contributed by atoms with Crippen LogP contribution in [0.15, 0.2) is 168 Å². The Hall–Kier alpha value is -6.39. The molecule has 47 heavy (non-hydrogen) atoms. The lowest BCUT2D eigenvalue weighted by Crippen LogP contribution is -2.00. The lowest BCUT2D eigenvalue weighted by atomic mass is 9.98. The molecule has 0 N–H and O–H groups in total. The zero-order valence-electron chi connectivity index (χ0n) is 35.5. The van der Waals surface area contributed by atoms with Gasteiger partial charge in [0.05, 0.1) is 15.1 Å². The molecule has 2 heterocycles. The summed E-state index contributed by atoms with van der Waals surface area (Å²) in [7, 11) is 0. The summed E-state index contributed by atoms with van der Waals surface area (Å²) in [5.41, 5.74) is 2.37. The monoisotopic (exact) mass is 612 g/mol. The predicted octanol–water partition coefficient (Wildman–Crippen LogP) is 11.3. The van der Waals surface area contributed by atoms with Crippen molar-refractivity contribution < 1.29 is 19.5 Å². The van der Waals surface area contributed by atoms with Gasteiger partial charge < -0.3 is 4.42 Å². The molecule has 0 bridgehead atoms. The minimum Gasteiger partial charge on any atom is -0.456 e. The Balaban J connectivity index is 1.32. The number of hydrogen-bond acceptors (Lipinski definition) is 4. The maximum atomic E-state index is 9.68. The molecule has 0 aliphatic rings. The van der Waals surface area contributed by atoms with Gasteiger partial charge in [-0.25, -0.2) is 15.0 Å². The zero-order valence-corrected chi connectivity index (χ0v) is 24.5. The summed E-state index contributed by atoms with van der Waals surface area (Å²) in [6.07, 6.45) is 0. The second kappa shape index (κ2) is 11.2. The van der Waals surface area contributed by atoms with Crippen LogP contribution in [-0.2, 0) is 0 Å². The van der Waals surface area contributed by atoms with E-state index in [1.165, 1.54) is 0 Å². The Bertz CT molecular complexity index is 3160. The fraction of sp³-hybridized carbons (Fsp3) is 0. The highest BCUT2D eigenvalue weighted by molar-refractivity contribution is 6.13. The van der Waals surface area contributed by atoms with Gasteiger partial charge in [-0.15, -0.1) is 0 Å². The van der Waals surface area contributed by atoms with Crippen molar-refractivity contribution in [3.63, 3.8) is 0 Å². The quantitative estimate of drug-likeness (QED) is 0.194. The maximum Gasteiger partial charge on any atom is 0.164 e. The first-order valence-corrected chi connectivity index (χ1v) is 14.8. The van der Waals surface area contributed by atoms with Gasteiger partial charge in [0.1, 0.15) is 11.2 Å². The lowest BCUT2D eigenvalue weighted by molar-refractivity contribution is 0.669. The molecule has 0 spiro atoms. The van der Waals surface area contributed by atoms with Gasteiger partial charge in [-0.05, 0) is 63.3 Å². The number of para-hydroxylation sites is 1. The standard InChI is InChI=1S/C43H27N3O/c1-4-12-28(13-5-1)31-20-21-33-25-34(23-22-32(33)24-31)42-44-41(30-16-8-3-9-17-30)45-43(46-42)37-26-35(29-14-6-2-7-15-29)27-39-40(37)36-18-10-11-19-38(36)47-39/h1-27H/i1D,4D,5D,10D,11D,12D,13D,18D,19D,26D,27D. The minimum atomic E-state index is -0.497. The molecular formula is C43H27N3O. The van der Waals surface area contributed by atoms with Crippen molar-refractivity contribution in [1.29, 1.82) is 0 Å². The molecule has 9 rings (SSSR count). The third-order valence-electron chi connectivity index (χ3n) is 7.91. The summed E-state index contributed by atoms with van der Waals surface area (Å²) in [6.45, 7) is 0. The SMILES string of the molecule is [2H]c1c([2H])c([2H])c(-c2ccc3cc(-c4nc(-c5ccccc5)nc(-c5c([2H])c(-c6ccccc6)c([2H])c6oc7c([2H])c([2H])c([2H])c([2H])c7c56)n4)ccc3c2)c([2H])c1[2H]. The first-order chi connectivity index (χ1) is 27.8. The zero-order chi connectivity index (χ0) is 40.7. The Morgan fingerprint density at radius 1 is 0.447 bits per heavy atom. The number of nitrogens with zero attached hydrogens (tertiary/aromatic N) is 3. The number of benzene rings is 7. The number of furan rings is 1. The predicted molar refractivity (Wildman–Crippen MR) is 192 cm³/mol. The molecule has 0 amide bonds. The van der Waals surface area contributed by atoms with Crippen LogP contribution in [0.5, 0.6) is 0 Å².